The molecule has 1 saturated carbocycles. The van der Waals surface area contributed by atoms with Gasteiger partial charge in [-0.25, -0.2) is 4.68 Å². The Bertz CT molecular complexity index is 400. The van der Waals surface area contributed by atoms with Gasteiger partial charge in [0.15, 0.2) is 0 Å². The summed E-state index contributed by atoms with van der Waals surface area (Å²) in [7, 11) is 0. The van der Waals surface area contributed by atoms with Crippen LogP contribution in [0.1, 0.15) is 31.2 Å². The molecule has 0 atom stereocenters. The number of aromatic nitrogens is 3. The molecule has 1 aliphatic rings. The van der Waals surface area contributed by atoms with E-state index in [1.807, 2.05) is 11.6 Å². The molecular formula is C11H18N4OS. The van der Waals surface area contributed by atoms with Gasteiger partial charge in [0.2, 0.25) is 0 Å². The smallest absolute Gasteiger partial charge is 0.143 e. The Balaban J connectivity index is 2.09. The average molecular weight is 254 g/mol. The van der Waals surface area contributed by atoms with Gasteiger partial charge in [-0.15, -0.1) is 5.10 Å². The van der Waals surface area contributed by atoms with Crippen molar-refractivity contribution in [3.63, 3.8) is 0 Å². The van der Waals surface area contributed by atoms with Crippen molar-refractivity contribution in [3.8, 4) is 0 Å². The van der Waals surface area contributed by atoms with Crippen LogP contribution in [0.3, 0.4) is 0 Å². The quantitative estimate of drug-likeness (QED) is 0.578. The van der Waals surface area contributed by atoms with Crippen LogP contribution in [-0.4, -0.2) is 33.2 Å². The molecule has 0 radical (unpaired) electrons. The highest BCUT2D eigenvalue weighted by Crippen LogP contribution is 2.33. The van der Waals surface area contributed by atoms with Crippen molar-refractivity contribution >= 4 is 17.2 Å². The third kappa shape index (κ3) is 3.23. The van der Waals surface area contributed by atoms with Crippen LogP contribution in [0.4, 0.5) is 0 Å². The number of thiocarbonyl (C=S) groups is 1. The molecule has 2 N–H and O–H groups in total. The first-order chi connectivity index (χ1) is 8.22. The monoisotopic (exact) mass is 254 g/mol. The third-order valence-electron chi connectivity index (χ3n) is 2.90. The van der Waals surface area contributed by atoms with Gasteiger partial charge in [-0.05, 0) is 32.1 Å². The fraction of sp³-hybridized carbons (Fsp3) is 0.727. The zero-order chi connectivity index (χ0) is 12.3. The van der Waals surface area contributed by atoms with Gasteiger partial charge in [0.25, 0.3) is 0 Å². The first-order valence-electron chi connectivity index (χ1n) is 6.02. The van der Waals surface area contributed by atoms with Gasteiger partial charge < -0.3 is 10.5 Å². The predicted molar refractivity (Wildman–Crippen MR) is 68.8 cm³/mol. The lowest BCUT2D eigenvalue weighted by atomic mass is 10.2. The molecule has 1 aromatic heterocycles. The minimum Gasteiger partial charge on any atom is -0.388 e. The summed E-state index contributed by atoms with van der Waals surface area (Å²) in [5, 5.41) is 8.18. The topological polar surface area (TPSA) is 66.0 Å². The summed E-state index contributed by atoms with van der Waals surface area (Å²) >= 11 is 5.00. The normalized spacial score (nSPS) is 15.1. The first kappa shape index (κ1) is 12.4. The summed E-state index contributed by atoms with van der Waals surface area (Å²) in [4.78, 5) is 0.336. The second-order valence-electron chi connectivity index (χ2n) is 4.32. The van der Waals surface area contributed by atoms with E-state index in [4.69, 9.17) is 22.7 Å². The maximum Gasteiger partial charge on any atom is 0.143 e. The van der Waals surface area contributed by atoms with Crippen LogP contribution in [0.5, 0.6) is 0 Å². The van der Waals surface area contributed by atoms with Crippen LogP contribution in [0.2, 0.25) is 0 Å². The van der Waals surface area contributed by atoms with Crippen molar-refractivity contribution in [2.75, 3.05) is 13.2 Å². The maximum atomic E-state index is 5.66. The molecule has 0 amide bonds. The molecule has 0 aromatic carbocycles. The Kier molecular flexibility index (Phi) is 4.06. The lowest BCUT2D eigenvalue weighted by Gasteiger charge is -2.07. The van der Waals surface area contributed by atoms with Crippen molar-refractivity contribution in [1.29, 1.82) is 0 Å². The molecule has 1 heterocycles. The maximum absolute atomic E-state index is 5.66. The second-order valence-corrected chi connectivity index (χ2v) is 4.76. The average Bonchev–Trinajstić information content (AvgIpc) is 3.01. The van der Waals surface area contributed by atoms with E-state index in [1.54, 1.807) is 0 Å². The predicted octanol–water partition coefficient (Wildman–Crippen LogP) is 0.901. The summed E-state index contributed by atoms with van der Waals surface area (Å²) < 4.78 is 7.21. The van der Waals surface area contributed by atoms with E-state index in [2.05, 4.69) is 10.3 Å². The summed E-state index contributed by atoms with van der Waals surface area (Å²) in [6.45, 7) is 4.06. The molecule has 6 heteroatoms. The summed E-state index contributed by atoms with van der Waals surface area (Å²) in [5.74, 6) is 0.757. The molecule has 0 unspecified atom stereocenters. The van der Waals surface area contributed by atoms with E-state index < -0.39 is 0 Å². The molecule has 1 fully saturated rings. The second kappa shape index (κ2) is 5.55. The lowest BCUT2D eigenvalue weighted by Crippen LogP contribution is -2.16. The minimum atomic E-state index is 0.336. The molecule has 1 aromatic rings. The Hall–Kier alpha value is -1.01. The van der Waals surface area contributed by atoms with Crippen LogP contribution in [0.25, 0.3) is 0 Å². The van der Waals surface area contributed by atoms with Crippen molar-refractivity contribution in [2.24, 2.45) is 11.7 Å². The van der Waals surface area contributed by atoms with Gasteiger partial charge in [0, 0.05) is 6.61 Å². The van der Waals surface area contributed by atoms with Crippen molar-refractivity contribution < 1.29 is 4.74 Å². The van der Waals surface area contributed by atoms with E-state index in [0.29, 0.717) is 23.8 Å². The fourth-order valence-corrected chi connectivity index (χ4v) is 1.96. The van der Waals surface area contributed by atoms with Crippen LogP contribution >= 0.6 is 12.2 Å². The highest BCUT2D eigenvalue weighted by atomic mass is 32.1. The van der Waals surface area contributed by atoms with Gasteiger partial charge in [-0.2, -0.15) is 0 Å². The van der Waals surface area contributed by atoms with Crippen molar-refractivity contribution in [3.05, 3.63) is 11.4 Å². The standard InChI is InChI=1S/C11H18N4OS/c1-2-16-6-5-15-9(7-8-3-4-8)10(11(12)17)13-14-15/h8H,2-7H2,1H3,(H2,12,17). The third-order valence-corrected chi connectivity index (χ3v) is 3.09. The number of rotatable bonds is 7. The summed E-state index contributed by atoms with van der Waals surface area (Å²) in [6, 6.07) is 0. The molecule has 5 nitrogen and oxygen atoms in total. The molecule has 1 aliphatic carbocycles. The molecule has 0 spiro atoms. The molecule has 94 valence electrons. The highest BCUT2D eigenvalue weighted by molar-refractivity contribution is 7.80. The lowest BCUT2D eigenvalue weighted by molar-refractivity contribution is 0.135. The van der Waals surface area contributed by atoms with Gasteiger partial charge in [-0.1, -0.05) is 17.4 Å². The minimum absolute atomic E-state index is 0.336. The number of nitrogens with zero attached hydrogens (tertiary/aromatic N) is 3. The van der Waals surface area contributed by atoms with Crippen LogP contribution < -0.4 is 5.73 Å². The SMILES string of the molecule is CCOCCn1nnc(C(N)=S)c1CC1CC1. The fourth-order valence-electron chi connectivity index (χ4n) is 1.80. The largest absolute Gasteiger partial charge is 0.388 e. The van der Waals surface area contributed by atoms with E-state index in [9.17, 15) is 0 Å². The molecular weight excluding hydrogens is 236 g/mol. The Morgan fingerprint density at radius 2 is 2.35 bits per heavy atom. The van der Waals surface area contributed by atoms with Gasteiger partial charge in [0.1, 0.15) is 10.7 Å². The van der Waals surface area contributed by atoms with Crippen LogP contribution in [-0.2, 0) is 17.7 Å². The van der Waals surface area contributed by atoms with Crippen molar-refractivity contribution in [2.45, 2.75) is 32.7 Å². The highest BCUT2D eigenvalue weighted by Gasteiger charge is 2.26. The first-order valence-corrected chi connectivity index (χ1v) is 6.43. The van der Waals surface area contributed by atoms with E-state index >= 15 is 0 Å². The van der Waals surface area contributed by atoms with Crippen LogP contribution in [0, 0.1) is 5.92 Å². The number of hydrogen-bond acceptors (Lipinski definition) is 4. The van der Waals surface area contributed by atoms with Gasteiger partial charge in [-0.3, -0.25) is 0 Å². The number of hydrogen-bond donors (Lipinski definition) is 1. The van der Waals surface area contributed by atoms with Crippen molar-refractivity contribution in [1.82, 2.24) is 15.0 Å². The summed E-state index contributed by atoms with van der Waals surface area (Å²) in [5.41, 5.74) is 7.42. The van der Waals surface area contributed by atoms with Gasteiger partial charge >= 0.3 is 0 Å². The number of ether oxygens (including phenoxy) is 1. The number of nitrogens with two attached hydrogens (primary N) is 1. The zero-order valence-electron chi connectivity index (χ0n) is 10.1. The van der Waals surface area contributed by atoms with E-state index in [-0.39, 0.29) is 0 Å². The van der Waals surface area contributed by atoms with Gasteiger partial charge in [0.05, 0.1) is 18.8 Å². The Labute approximate surface area is 106 Å². The molecule has 0 aliphatic heterocycles. The van der Waals surface area contributed by atoms with Crippen LogP contribution in [0.15, 0.2) is 0 Å². The Morgan fingerprint density at radius 3 is 2.94 bits per heavy atom. The molecule has 17 heavy (non-hydrogen) atoms. The van der Waals surface area contributed by atoms with E-state index in [1.165, 1.54) is 12.8 Å². The molecule has 0 bridgehead atoms. The summed E-state index contributed by atoms with van der Waals surface area (Å²) in [6.07, 6.45) is 3.55. The zero-order valence-corrected chi connectivity index (χ0v) is 10.9. The Morgan fingerprint density at radius 1 is 1.59 bits per heavy atom. The van der Waals surface area contributed by atoms with E-state index in [0.717, 1.165) is 24.6 Å². The molecule has 2 rings (SSSR count). The molecule has 0 saturated heterocycles.